The Balaban J connectivity index is 0.00000182. The normalized spacial score (nSPS) is 15.0. The van der Waals surface area contributed by atoms with E-state index < -0.39 is 25.1 Å². The number of ketones is 1. The number of thioether (sulfide) groups is 1. The third kappa shape index (κ3) is 6.38. The number of Topliss-reactive ketones (excluding diaryl/α,β-unsaturated/α-hetero) is 1. The van der Waals surface area contributed by atoms with Crippen LogP contribution >= 0.6 is 11.8 Å². The van der Waals surface area contributed by atoms with Gasteiger partial charge in [0.1, 0.15) is 20.2 Å². The maximum Gasteiger partial charge on any atom is 1.00 e. The standard InChI is InChI=1S/C15H10O7S3.2K/c16-15-12-6-5-11(25(20,21)22)8-13(12)23-14(15)7-9-1-3-10(4-2-9)24(17,18)19;;/h1-8H,(H,17,18,19)(H,20,21,22);;/q;2*+1/p-2/b14-7+;;. The first kappa shape index (κ1) is 26.3. The molecule has 0 saturated carbocycles. The van der Waals surface area contributed by atoms with Crippen molar-refractivity contribution in [1.82, 2.24) is 0 Å². The molecule has 0 N–H and O–H groups in total. The summed E-state index contributed by atoms with van der Waals surface area (Å²) in [7, 11) is -9.17. The second-order valence-electron chi connectivity index (χ2n) is 5.08. The van der Waals surface area contributed by atoms with Crippen LogP contribution < -0.4 is 103 Å². The van der Waals surface area contributed by atoms with E-state index in [1.165, 1.54) is 24.3 Å². The number of rotatable bonds is 3. The van der Waals surface area contributed by atoms with E-state index in [2.05, 4.69) is 0 Å². The minimum atomic E-state index is -4.62. The van der Waals surface area contributed by atoms with Gasteiger partial charge in [-0.3, -0.25) is 4.79 Å². The summed E-state index contributed by atoms with van der Waals surface area (Å²) in [4.78, 5) is 12.2. The molecule has 0 saturated heterocycles. The van der Waals surface area contributed by atoms with Crippen LogP contribution in [0.4, 0.5) is 0 Å². The molecule has 1 aliphatic heterocycles. The molecule has 7 nitrogen and oxygen atoms in total. The van der Waals surface area contributed by atoms with Gasteiger partial charge in [0.25, 0.3) is 0 Å². The van der Waals surface area contributed by atoms with Crippen molar-refractivity contribution in [3.05, 3.63) is 58.5 Å². The van der Waals surface area contributed by atoms with Crippen molar-refractivity contribution < 1.29 is 134 Å². The van der Waals surface area contributed by atoms with Gasteiger partial charge < -0.3 is 9.11 Å². The minimum Gasteiger partial charge on any atom is -0.744 e. The molecule has 0 aromatic heterocycles. The monoisotopic (exact) mass is 474 g/mol. The first-order valence-electron chi connectivity index (χ1n) is 6.66. The van der Waals surface area contributed by atoms with E-state index in [0.29, 0.717) is 10.5 Å². The molecule has 1 heterocycles. The number of allylic oxidation sites excluding steroid dienone is 1. The smallest absolute Gasteiger partial charge is 0.744 e. The molecular formula is C15H8K2O7S3. The van der Waals surface area contributed by atoms with Gasteiger partial charge in [-0.05, 0) is 42.0 Å². The van der Waals surface area contributed by atoms with Crippen LogP contribution in [0.25, 0.3) is 6.08 Å². The Labute approximate surface area is 245 Å². The summed E-state index contributed by atoms with van der Waals surface area (Å²) in [5, 5.41) is 0. The van der Waals surface area contributed by atoms with Crippen molar-refractivity contribution in [2.24, 2.45) is 0 Å². The Hall–Kier alpha value is 1.29. The van der Waals surface area contributed by atoms with E-state index in [0.717, 1.165) is 36.0 Å². The topological polar surface area (TPSA) is 131 Å². The van der Waals surface area contributed by atoms with Crippen molar-refractivity contribution in [1.29, 1.82) is 0 Å². The summed E-state index contributed by atoms with van der Waals surface area (Å²) in [6, 6.07) is 8.53. The number of hydrogen-bond acceptors (Lipinski definition) is 8. The Bertz CT molecular complexity index is 1120. The third-order valence-corrected chi connectivity index (χ3v) is 6.16. The van der Waals surface area contributed by atoms with E-state index >= 15 is 0 Å². The van der Waals surface area contributed by atoms with Crippen LogP contribution in [0.5, 0.6) is 0 Å². The molecule has 0 bridgehead atoms. The van der Waals surface area contributed by atoms with E-state index in [1.54, 1.807) is 0 Å². The number of carbonyl (C=O) groups excluding carboxylic acids is 1. The predicted octanol–water partition coefficient (Wildman–Crippen LogP) is -4.17. The molecule has 2 aromatic rings. The zero-order valence-corrected chi connectivity index (χ0v) is 22.9. The molecule has 130 valence electrons. The van der Waals surface area contributed by atoms with Gasteiger partial charge in [0.05, 0.1) is 14.7 Å². The van der Waals surface area contributed by atoms with Crippen LogP contribution in [-0.2, 0) is 20.2 Å². The Morgan fingerprint density at radius 1 is 0.815 bits per heavy atom. The van der Waals surface area contributed by atoms with Crippen molar-refractivity contribution in [2.75, 3.05) is 0 Å². The maximum atomic E-state index is 12.3. The van der Waals surface area contributed by atoms with Crippen LogP contribution in [0.15, 0.2) is 62.1 Å². The minimum absolute atomic E-state index is 0. The van der Waals surface area contributed by atoms with Crippen LogP contribution in [0, 0.1) is 0 Å². The molecule has 0 atom stereocenters. The predicted molar refractivity (Wildman–Crippen MR) is 87.0 cm³/mol. The molecule has 2 aromatic carbocycles. The second kappa shape index (κ2) is 10.1. The van der Waals surface area contributed by atoms with Gasteiger partial charge in [-0.2, -0.15) is 0 Å². The zero-order valence-electron chi connectivity index (χ0n) is 14.2. The molecule has 12 heteroatoms. The molecule has 0 fully saturated rings. The quantitative estimate of drug-likeness (QED) is 0.249. The fraction of sp³-hybridized carbons (Fsp3) is 0. The maximum absolute atomic E-state index is 12.3. The van der Waals surface area contributed by atoms with Gasteiger partial charge in [-0.25, -0.2) is 16.8 Å². The first-order valence-corrected chi connectivity index (χ1v) is 10.3. The molecule has 27 heavy (non-hydrogen) atoms. The van der Waals surface area contributed by atoms with Gasteiger partial charge in [0.15, 0.2) is 0 Å². The van der Waals surface area contributed by atoms with Gasteiger partial charge >= 0.3 is 103 Å². The zero-order chi connectivity index (χ0) is 18.4. The van der Waals surface area contributed by atoms with Gasteiger partial charge in [0.2, 0.25) is 5.78 Å². The fourth-order valence-corrected chi connectivity index (χ4v) is 4.34. The first-order chi connectivity index (χ1) is 11.6. The Morgan fingerprint density at radius 3 is 1.85 bits per heavy atom. The van der Waals surface area contributed by atoms with Crippen molar-refractivity contribution in [3.63, 3.8) is 0 Å². The van der Waals surface area contributed by atoms with Crippen molar-refractivity contribution in [2.45, 2.75) is 14.7 Å². The number of benzene rings is 2. The second-order valence-corrected chi connectivity index (χ2v) is 8.92. The van der Waals surface area contributed by atoms with Gasteiger partial charge in [0, 0.05) is 10.5 Å². The Kier molecular flexibility index (Phi) is 9.82. The van der Waals surface area contributed by atoms with Crippen molar-refractivity contribution >= 4 is 43.9 Å². The van der Waals surface area contributed by atoms with Gasteiger partial charge in [-0.1, -0.05) is 23.9 Å². The molecule has 0 aliphatic carbocycles. The molecule has 0 unspecified atom stereocenters. The average Bonchev–Trinajstić information content (AvgIpc) is 2.82. The molecule has 0 spiro atoms. The summed E-state index contributed by atoms with van der Waals surface area (Å²) < 4.78 is 65.9. The molecular weight excluding hydrogens is 467 g/mol. The molecule has 3 rings (SSSR count). The molecule has 0 radical (unpaired) electrons. The average molecular weight is 475 g/mol. The van der Waals surface area contributed by atoms with Crippen LogP contribution in [0.3, 0.4) is 0 Å². The number of fused-ring (bicyclic) bond motifs is 1. The van der Waals surface area contributed by atoms with E-state index in [9.17, 15) is 30.7 Å². The number of carbonyl (C=O) groups is 1. The summed E-state index contributed by atoms with van der Waals surface area (Å²) in [6.07, 6.45) is 1.49. The van der Waals surface area contributed by atoms with E-state index in [4.69, 9.17) is 0 Å². The molecule has 1 aliphatic rings. The summed E-state index contributed by atoms with van der Waals surface area (Å²) >= 11 is 1.01. The largest absolute Gasteiger partial charge is 1.00 e. The van der Waals surface area contributed by atoms with E-state index in [1.807, 2.05) is 0 Å². The SMILES string of the molecule is O=C1/C(=C\c2ccc(S(=O)(=O)[O-])cc2)Sc2cc(S(=O)(=O)[O-])ccc21.[K+].[K+]. The number of hydrogen-bond donors (Lipinski definition) is 0. The van der Waals surface area contributed by atoms with Crippen LogP contribution in [0.1, 0.15) is 15.9 Å². The Morgan fingerprint density at radius 2 is 1.33 bits per heavy atom. The van der Waals surface area contributed by atoms with Crippen LogP contribution in [0.2, 0.25) is 0 Å². The summed E-state index contributed by atoms with van der Waals surface area (Å²) in [5.41, 5.74) is 0.773. The van der Waals surface area contributed by atoms with Crippen molar-refractivity contribution in [3.8, 4) is 0 Å². The van der Waals surface area contributed by atoms with E-state index in [-0.39, 0.29) is 124 Å². The third-order valence-electron chi connectivity index (χ3n) is 3.40. The summed E-state index contributed by atoms with van der Waals surface area (Å²) in [5.74, 6) is -0.338. The molecule has 0 amide bonds. The fourth-order valence-electron chi connectivity index (χ4n) is 2.20. The summed E-state index contributed by atoms with van der Waals surface area (Å²) in [6.45, 7) is 0. The van der Waals surface area contributed by atoms with Gasteiger partial charge in [-0.15, -0.1) is 0 Å². The van der Waals surface area contributed by atoms with Crippen LogP contribution in [-0.4, -0.2) is 31.7 Å².